The van der Waals surface area contributed by atoms with Gasteiger partial charge in [0.25, 0.3) is 0 Å². The smallest absolute Gasteiger partial charge is 0.328 e. The molecule has 1 aromatic rings. The first-order valence-corrected chi connectivity index (χ1v) is 9.38. The minimum absolute atomic E-state index is 0.0758. The minimum Gasteiger partial charge on any atom is -0.464 e. The molecule has 0 bridgehead atoms. The molecule has 0 unspecified atom stereocenters. The largest absolute Gasteiger partial charge is 0.464 e. The summed E-state index contributed by atoms with van der Waals surface area (Å²) >= 11 is 0. The molecule has 5 nitrogen and oxygen atoms in total. The molecule has 2 atom stereocenters. The summed E-state index contributed by atoms with van der Waals surface area (Å²) in [4.78, 5) is 24.9. The van der Waals surface area contributed by atoms with Crippen LogP contribution in [0.3, 0.4) is 0 Å². The summed E-state index contributed by atoms with van der Waals surface area (Å²) in [6.45, 7) is 3.91. The Bertz CT molecular complexity index is 613. The first-order valence-electron chi connectivity index (χ1n) is 9.38. The van der Waals surface area contributed by atoms with Gasteiger partial charge in [-0.3, -0.25) is 4.79 Å². The van der Waals surface area contributed by atoms with Crippen LogP contribution in [0.2, 0.25) is 0 Å². The zero-order valence-corrected chi connectivity index (χ0v) is 15.5. The quantitative estimate of drug-likeness (QED) is 0.729. The van der Waals surface area contributed by atoms with Gasteiger partial charge in [-0.05, 0) is 57.1 Å². The molecular formula is C20H29FN2O3. The van der Waals surface area contributed by atoms with Gasteiger partial charge in [-0.2, -0.15) is 0 Å². The molecule has 1 aliphatic carbocycles. The molecule has 1 amide bonds. The molecule has 1 aromatic carbocycles. The number of rotatable bonds is 7. The predicted octanol–water partition coefficient (Wildman–Crippen LogP) is 2.57. The third-order valence-corrected chi connectivity index (χ3v) is 5.16. The highest BCUT2D eigenvalue weighted by Gasteiger charge is 2.31. The summed E-state index contributed by atoms with van der Waals surface area (Å²) in [6.07, 6.45) is 3.41. The van der Waals surface area contributed by atoms with Crippen LogP contribution < -0.4 is 11.1 Å². The Labute approximate surface area is 154 Å². The molecular weight excluding hydrogens is 335 g/mol. The summed E-state index contributed by atoms with van der Waals surface area (Å²) in [5.74, 6) is -0.787. The van der Waals surface area contributed by atoms with Crippen molar-refractivity contribution in [3.05, 3.63) is 35.6 Å². The highest BCUT2D eigenvalue weighted by atomic mass is 19.1. The van der Waals surface area contributed by atoms with E-state index in [0.29, 0.717) is 11.5 Å². The van der Waals surface area contributed by atoms with Crippen molar-refractivity contribution in [1.29, 1.82) is 0 Å². The highest BCUT2D eigenvalue weighted by molar-refractivity contribution is 5.86. The van der Waals surface area contributed by atoms with Crippen molar-refractivity contribution in [2.75, 3.05) is 6.61 Å². The summed E-state index contributed by atoms with van der Waals surface area (Å²) in [5.41, 5.74) is 6.33. The second-order valence-electron chi connectivity index (χ2n) is 7.08. The van der Waals surface area contributed by atoms with Gasteiger partial charge in [0.1, 0.15) is 11.9 Å². The van der Waals surface area contributed by atoms with Gasteiger partial charge in [-0.1, -0.05) is 18.2 Å². The number of ether oxygens (including phenoxy) is 1. The van der Waals surface area contributed by atoms with E-state index in [1.807, 2.05) is 6.92 Å². The SMILES string of the molecule is CCOC(=O)[C@@H](Cc1ccccc1F)NC(=O)C1CCC([C@H](C)N)CC1. The van der Waals surface area contributed by atoms with Gasteiger partial charge in [0.15, 0.2) is 0 Å². The third kappa shape index (κ3) is 5.53. The van der Waals surface area contributed by atoms with E-state index in [2.05, 4.69) is 5.32 Å². The maximum atomic E-state index is 13.9. The van der Waals surface area contributed by atoms with Gasteiger partial charge in [0.2, 0.25) is 5.91 Å². The molecule has 26 heavy (non-hydrogen) atoms. The second-order valence-corrected chi connectivity index (χ2v) is 7.08. The van der Waals surface area contributed by atoms with Crippen LogP contribution in [0.25, 0.3) is 0 Å². The van der Waals surface area contributed by atoms with Crippen LogP contribution in [-0.2, 0) is 20.7 Å². The van der Waals surface area contributed by atoms with Crippen molar-refractivity contribution in [2.24, 2.45) is 17.6 Å². The monoisotopic (exact) mass is 364 g/mol. The van der Waals surface area contributed by atoms with E-state index in [0.717, 1.165) is 25.7 Å². The Morgan fingerprint density at radius 2 is 1.92 bits per heavy atom. The van der Waals surface area contributed by atoms with Gasteiger partial charge >= 0.3 is 5.97 Å². The minimum atomic E-state index is -0.884. The lowest BCUT2D eigenvalue weighted by Gasteiger charge is -2.30. The van der Waals surface area contributed by atoms with Crippen LogP contribution in [0.5, 0.6) is 0 Å². The van der Waals surface area contributed by atoms with Crippen molar-refractivity contribution in [1.82, 2.24) is 5.32 Å². The van der Waals surface area contributed by atoms with Crippen LogP contribution in [0.15, 0.2) is 24.3 Å². The van der Waals surface area contributed by atoms with Crippen molar-refractivity contribution < 1.29 is 18.7 Å². The number of hydrogen-bond donors (Lipinski definition) is 2. The number of carbonyl (C=O) groups is 2. The highest BCUT2D eigenvalue weighted by Crippen LogP contribution is 2.30. The van der Waals surface area contributed by atoms with Crippen LogP contribution in [0.4, 0.5) is 4.39 Å². The van der Waals surface area contributed by atoms with Crippen LogP contribution in [0, 0.1) is 17.7 Å². The molecule has 0 heterocycles. The van der Waals surface area contributed by atoms with Crippen molar-refractivity contribution in [3.63, 3.8) is 0 Å². The lowest BCUT2D eigenvalue weighted by atomic mass is 9.78. The zero-order valence-electron chi connectivity index (χ0n) is 15.5. The van der Waals surface area contributed by atoms with Crippen molar-refractivity contribution >= 4 is 11.9 Å². The molecule has 144 valence electrons. The maximum absolute atomic E-state index is 13.9. The van der Waals surface area contributed by atoms with Gasteiger partial charge in [-0.15, -0.1) is 0 Å². The van der Waals surface area contributed by atoms with Crippen molar-refractivity contribution in [3.8, 4) is 0 Å². The van der Waals surface area contributed by atoms with Crippen LogP contribution in [-0.4, -0.2) is 30.6 Å². The fourth-order valence-electron chi connectivity index (χ4n) is 3.52. The Morgan fingerprint density at radius 3 is 2.50 bits per heavy atom. The second kappa shape index (κ2) is 9.67. The fourth-order valence-corrected chi connectivity index (χ4v) is 3.52. The average molecular weight is 364 g/mol. The number of amides is 1. The number of carbonyl (C=O) groups excluding carboxylic acids is 2. The Morgan fingerprint density at radius 1 is 1.27 bits per heavy atom. The van der Waals surface area contributed by atoms with Gasteiger partial charge in [-0.25, -0.2) is 9.18 Å². The molecule has 6 heteroatoms. The van der Waals surface area contributed by atoms with E-state index in [-0.39, 0.29) is 30.9 Å². The molecule has 3 N–H and O–H groups in total. The first-order chi connectivity index (χ1) is 12.4. The molecule has 0 radical (unpaired) electrons. The number of nitrogens with two attached hydrogens (primary N) is 1. The van der Waals surface area contributed by atoms with E-state index < -0.39 is 17.8 Å². The Balaban J connectivity index is 2.01. The summed E-state index contributed by atoms with van der Waals surface area (Å²) in [5, 5.41) is 2.78. The van der Waals surface area contributed by atoms with Crippen LogP contribution >= 0.6 is 0 Å². The van der Waals surface area contributed by atoms with Gasteiger partial charge < -0.3 is 15.8 Å². The van der Waals surface area contributed by atoms with E-state index in [4.69, 9.17) is 10.5 Å². The molecule has 0 aliphatic heterocycles. The number of benzene rings is 1. The number of esters is 1. The zero-order chi connectivity index (χ0) is 19.1. The standard InChI is InChI=1S/C20H29FN2O3/c1-3-26-20(25)18(12-16-6-4-5-7-17(16)21)23-19(24)15-10-8-14(9-11-15)13(2)22/h4-7,13-15,18H,3,8-12,22H2,1-2H3,(H,23,24)/t13-,14?,15?,18+/m0/s1. The average Bonchev–Trinajstić information content (AvgIpc) is 2.63. The Kier molecular flexibility index (Phi) is 7.57. The first kappa shape index (κ1) is 20.4. The summed E-state index contributed by atoms with van der Waals surface area (Å²) < 4.78 is 19.0. The van der Waals surface area contributed by atoms with E-state index in [1.54, 1.807) is 25.1 Å². The number of halogens is 1. The Hall–Kier alpha value is -1.95. The lowest BCUT2D eigenvalue weighted by Crippen LogP contribution is -2.46. The van der Waals surface area contributed by atoms with Gasteiger partial charge in [0.05, 0.1) is 6.61 Å². The summed E-state index contributed by atoms with van der Waals surface area (Å²) in [7, 11) is 0. The number of nitrogens with one attached hydrogen (secondary N) is 1. The molecule has 0 saturated heterocycles. The number of hydrogen-bond acceptors (Lipinski definition) is 4. The van der Waals surface area contributed by atoms with Crippen molar-refractivity contribution in [2.45, 2.75) is 58.0 Å². The summed E-state index contributed by atoms with van der Waals surface area (Å²) in [6, 6.07) is 5.50. The van der Waals surface area contributed by atoms with E-state index >= 15 is 0 Å². The van der Waals surface area contributed by atoms with Crippen LogP contribution in [0.1, 0.15) is 45.1 Å². The molecule has 1 saturated carbocycles. The molecule has 1 fully saturated rings. The van der Waals surface area contributed by atoms with Gasteiger partial charge in [0, 0.05) is 18.4 Å². The predicted molar refractivity (Wildman–Crippen MR) is 97.8 cm³/mol. The third-order valence-electron chi connectivity index (χ3n) is 5.16. The lowest BCUT2D eigenvalue weighted by molar-refractivity contribution is -0.148. The van der Waals surface area contributed by atoms with E-state index in [1.165, 1.54) is 6.07 Å². The fraction of sp³-hybridized carbons (Fsp3) is 0.600. The molecule has 1 aliphatic rings. The molecule has 0 spiro atoms. The van der Waals surface area contributed by atoms with E-state index in [9.17, 15) is 14.0 Å². The molecule has 0 aromatic heterocycles. The molecule has 2 rings (SSSR count). The topological polar surface area (TPSA) is 81.4 Å². The maximum Gasteiger partial charge on any atom is 0.328 e. The normalized spacial score (nSPS) is 22.3.